The van der Waals surface area contributed by atoms with E-state index in [2.05, 4.69) is 21.2 Å². The number of hydrogen-bond acceptors (Lipinski definition) is 3. The highest BCUT2D eigenvalue weighted by atomic mass is 79.9. The molecular formula is C14H12BrClN2OS. The molecule has 0 unspecified atom stereocenters. The number of ether oxygens (including phenoxy) is 1. The molecule has 0 aromatic heterocycles. The number of rotatable bonds is 4. The lowest BCUT2D eigenvalue weighted by atomic mass is 10.1. The Labute approximate surface area is 136 Å². The van der Waals surface area contributed by atoms with Crippen LogP contribution in [-0.4, -0.2) is 12.1 Å². The lowest BCUT2D eigenvalue weighted by molar-refractivity contribution is 0.415. The fraction of sp³-hybridized carbons (Fsp3) is 0.0714. The van der Waals surface area contributed by atoms with Gasteiger partial charge in [0, 0.05) is 16.1 Å². The van der Waals surface area contributed by atoms with Crippen LogP contribution in [0.4, 0.5) is 11.4 Å². The van der Waals surface area contributed by atoms with Crippen molar-refractivity contribution in [3.8, 4) is 5.75 Å². The fourth-order valence-corrected chi connectivity index (χ4v) is 2.41. The van der Waals surface area contributed by atoms with Crippen LogP contribution >= 0.6 is 39.7 Å². The molecule has 6 heteroatoms. The Morgan fingerprint density at radius 1 is 1.25 bits per heavy atom. The Morgan fingerprint density at radius 2 is 2.00 bits per heavy atom. The van der Waals surface area contributed by atoms with Crippen molar-refractivity contribution < 1.29 is 4.74 Å². The number of benzene rings is 2. The Kier molecular flexibility index (Phi) is 4.86. The third-order valence-corrected chi connectivity index (χ3v) is 3.73. The number of hydrogen-bond donors (Lipinski definition) is 2. The first kappa shape index (κ1) is 15.1. The molecule has 0 fully saturated rings. The summed E-state index contributed by atoms with van der Waals surface area (Å²) < 4.78 is 6.14. The molecule has 0 saturated heterocycles. The van der Waals surface area contributed by atoms with Gasteiger partial charge >= 0.3 is 0 Å². The molecule has 2 aromatic carbocycles. The number of anilines is 2. The van der Waals surface area contributed by atoms with Crippen molar-refractivity contribution in [2.75, 3.05) is 12.4 Å². The van der Waals surface area contributed by atoms with Gasteiger partial charge < -0.3 is 15.8 Å². The Morgan fingerprint density at radius 3 is 2.65 bits per heavy atom. The second kappa shape index (κ2) is 6.43. The minimum atomic E-state index is 0.307. The van der Waals surface area contributed by atoms with Gasteiger partial charge in [0.2, 0.25) is 0 Å². The summed E-state index contributed by atoms with van der Waals surface area (Å²) in [6, 6.07) is 11.0. The first-order valence-corrected chi connectivity index (χ1v) is 7.29. The van der Waals surface area contributed by atoms with E-state index < -0.39 is 0 Å². The predicted molar refractivity (Wildman–Crippen MR) is 91.3 cm³/mol. The van der Waals surface area contributed by atoms with Gasteiger partial charge in [-0.3, -0.25) is 0 Å². The van der Waals surface area contributed by atoms with Crippen LogP contribution in [0.15, 0.2) is 40.9 Å². The van der Waals surface area contributed by atoms with Gasteiger partial charge in [0.1, 0.15) is 10.7 Å². The molecule has 0 bridgehead atoms. The van der Waals surface area contributed by atoms with Gasteiger partial charge in [-0.1, -0.05) is 39.7 Å². The monoisotopic (exact) mass is 370 g/mol. The number of thiocarbonyl (C=S) groups is 1. The first-order valence-electron chi connectivity index (χ1n) is 5.71. The summed E-state index contributed by atoms with van der Waals surface area (Å²) >= 11 is 14.6. The van der Waals surface area contributed by atoms with Crippen molar-refractivity contribution in [3.63, 3.8) is 0 Å². The van der Waals surface area contributed by atoms with Crippen LogP contribution in [0.25, 0.3) is 0 Å². The number of halogens is 2. The maximum Gasteiger partial charge on any atom is 0.120 e. The third kappa shape index (κ3) is 3.42. The number of nitrogens with one attached hydrogen (secondary N) is 1. The zero-order chi connectivity index (χ0) is 14.7. The standard InChI is InChI=1S/C14H12BrClN2OS/c1-19-9-3-4-10(14(17)20)12(7-9)18-13-6-8(15)2-5-11(13)16/h2-7,18H,1H3,(H2,17,20). The maximum atomic E-state index is 6.17. The topological polar surface area (TPSA) is 47.3 Å². The summed E-state index contributed by atoms with van der Waals surface area (Å²) in [5.41, 5.74) is 7.97. The van der Waals surface area contributed by atoms with Gasteiger partial charge in [0.15, 0.2) is 0 Å². The van der Waals surface area contributed by atoms with Crippen molar-refractivity contribution >= 4 is 56.1 Å². The molecule has 0 radical (unpaired) electrons. The van der Waals surface area contributed by atoms with Crippen molar-refractivity contribution in [3.05, 3.63) is 51.5 Å². The molecule has 20 heavy (non-hydrogen) atoms. The molecule has 0 atom stereocenters. The Hall–Kier alpha value is -1.30. The van der Waals surface area contributed by atoms with E-state index in [-0.39, 0.29) is 0 Å². The minimum Gasteiger partial charge on any atom is -0.497 e. The predicted octanol–water partition coefficient (Wildman–Crippen LogP) is 4.49. The van der Waals surface area contributed by atoms with Gasteiger partial charge in [-0.05, 0) is 30.3 Å². The van der Waals surface area contributed by atoms with Crippen LogP contribution in [0.5, 0.6) is 5.75 Å². The zero-order valence-corrected chi connectivity index (χ0v) is 13.8. The first-order chi connectivity index (χ1) is 9.51. The van der Waals surface area contributed by atoms with Crippen molar-refractivity contribution in [1.29, 1.82) is 0 Å². The summed E-state index contributed by atoms with van der Waals surface area (Å²) in [6.45, 7) is 0. The lowest BCUT2D eigenvalue weighted by Gasteiger charge is -2.14. The lowest BCUT2D eigenvalue weighted by Crippen LogP contribution is -2.12. The molecule has 0 amide bonds. The molecule has 0 spiro atoms. The largest absolute Gasteiger partial charge is 0.497 e. The average molecular weight is 372 g/mol. The third-order valence-electron chi connectivity index (χ3n) is 2.69. The summed E-state index contributed by atoms with van der Waals surface area (Å²) in [5, 5.41) is 3.83. The van der Waals surface area contributed by atoms with Gasteiger partial charge in [0.25, 0.3) is 0 Å². The SMILES string of the molecule is COc1ccc(C(N)=S)c(Nc2cc(Br)ccc2Cl)c1. The molecular weight excluding hydrogens is 360 g/mol. The molecule has 0 heterocycles. The average Bonchev–Trinajstić information content (AvgIpc) is 2.42. The van der Waals surface area contributed by atoms with Gasteiger partial charge in [-0.15, -0.1) is 0 Å². The highest BCUT2D eigenvalue weighted by Crippen LogP contribution is 2.31. The van der Waals surface area contributed by atoms with Crippen LogP contribution in [0.3, 0.4) is 0 Å². The van der Waals surface area contributed by atoms with E-state index in [1.54, 1.807) is 13.2 Å². The summed E-state index contributed by atoms with van der Waals surface area (Å²) in [6.07, 6.45) is 0. The fourth-order valence-electron chi connectivity index (χ4n) is 1.71. The van der Waals surface area contributed by atoms with E-state index in [1.165, 1.54) is 0 Å². The molecule has 2 rings (SSSR count). The van der Waals surface area contributed by atoms with E-state index in [4.69, 9.17) is 34.3 Å². The molecule has 0 saturated carbocycles. The van der Waals surface area contributed by atoms with Gasteiger partial charge in [-0.25, -0.2) is 0 Å². The number of methoxy groups -OCH3 is 1. The highest BCUT2D eigenvalue weighted by Gasteiger charge is 2.09. The summed E-state index contributed by atoms with van der Waals surface area (Å²) in [7, 11) is 1.60. The molecule has 2 aromatic rings. The van der Waals surface area contributed by atoms with E-state index >= 15 is 0 Å². The van der Waals surface area contributed by atoms with Crippen LogP contribution in [0.1, 0.15) is 5.56 Å². The molecule has 0 aliphatic rings. The normalized spacial score (nSPS) is 10.2. The molecule has 0 aliphatic carbocycles. The van der Waals surface area contributed by atoms with Crippen LogP contribution in [0, 0.1) is 0 Å². The second-order valence-corrected chi connectivity index (χ2v) is 5.79. The molecule has 0 aliphatic heterocycles. The summed E-state index contributed by atoms with van der Waals surface area (Å²) in [5.74, 6) is 0.707. The smallest absolute Gasteiger partial charge is 0.120 e. The highest BCUT2D eigenvalue weighted by molar-refractivity contribution is 9.10. The van der Waals surface area contributed by atoms with Crippen molar-refractivity contribution in [1.82, 2.24) is 0 Å². The quantitative estimate of drug-likeness (QED) is 0.777. The van der Waals surface area contributed by atoms with Gasteiger partial charge in [-0.2, -0.15) is 0 Å². The van der Waals surface area contributed by atoms with Crippen molar-refractivity contribution in [2.45, 2.75) is 0 Å². The minimum absolute atomic E-state index is 0.307. The van der Waals surface area contributed by atoms with Crippen LogP contribution < -0.4 is 15.8 Å². The van der Waals surface area contributed by atoms with E-state index in [0.29, 0.717) is 15.8 Å². The Bertz CT molecular complexity index is 664. The van der Waals surface area contributed by atoms with E-state index in [9.17, 15) is 0 Å². The van der Waals surface area contributed by atoms with E-state index in [1.807, 2.05) is 30.3 Å². The van der Waals surface area contributed by atoms with Crippen LogP contribution in [-0.2, 0) is 0 Å². The number of nitrogens with two attached hydrogens (primary N) is 1. The second-order valence-electron chi connectivity index (χ2n) is 4.02. The van der Waals surface area contributed by atoms with E-state index in [0.717, 1.165) is 21.4 Å². The summed E-state index contributed by atoms with van der Waals surface area (Å²) in [4.78, 5) is 0.307. The molecule has 3 nitrogen and oxygen atoms in total. The van der Waals surface area contributed by atoms with Crippen LogP contribution in [0.2, 0.25) is 5.02 Å². The Balaban J connectivity index is 2.45. The maximum absolute atomic E-state index is 6.17. The zero-order valence-electron chi connectivity index (χ0n) is 10.6. The van der Waals surface area contributed by atoms with Crippen molar-refractivity contribution in [2.24, 2.45) is 5.73 Å². The van der Waals surface area contributed by atoms with Gasteiger partial charge in [0.05, 0.1) is 23.5 Å². The molecule has 104 valence electrons. The molecule has 3 N–H and O–H groups in total.